The Balaban J connectivity index is 1.43. The van der Waals surface area contributed by atoms with Crippen molar-refractivity contribution in [2.75, 3.05) is 18.9 Å². The van der Waals surface area contributed by atoms with Crippen LogP contribution in [0.15, 0.2) is 54.6 Å². The van der Waals surface area contributed by atoms with Crippen molar-refractivity contribution >= 4 is 27.8 Å². The third-order valence-electron chi connectivity index (χ3n) is 4.65. The minimum absolute atomic E-state index is 0.429. The van der Waals surface area contributed by atoms with Crippen LogP contribution >= 0.6 is 0 Å². The molecule has 0 bridgehead atoms. The predicted molar refractivity (Wildman–Crippen MR) is 113 cm³/mol. The van der Waals surface area contributed by atoms with Gasteiger partial charge in [-0.1, -0.05) is 48.2 Å². The number of aryl methyl sites for hydroxylation is 2. The van der Waals surface area contributed by atoms with Gasteiger partial charge in [0.2, 0.25) is 0 Å². The lowest BCUT2D eigenvalue weighted by atomic mass is 10.2. The Morgan fingerprint density at radius 1 is 1.04 bits per heavy atom. The standard InChI is InChI=1S/C23H22N4O/c1-17-25-21-22(19-12-5-6-13-20(19)26-23(21)24)27(17)14-8-16-28-15-7-11-18-9-3-2-4-10-18/h2-6,9-10,12-13H,8,14-16H2,1H3,(H2,24,26). The van der Waals surface area contributed by atoms with E-state index in [-0.39, 0.29) is 0 Å². The molecule has 0 radical (unpaired) electrons. The van der Waals surface area contributed by atoms with Gasteiger partial charge in [0.15, 0.2) is 5.82 Å². The van der Waals surface area contributed by atoms with Gasteiger partial charge in [-0.2, -0.15) is 0 Å². The average Bonchev–Trinajstić information content (AvgIpc) is 3.05. The third kappa shape index (κ3) is 3.68. The number of nitrogen functional groups attached to an aromatic ring is 1. The van der Waals surface area contributed by atoms with Gasteiger partial charge in [0.1, 0.15) is 17.9 Å². The van der Waals surface area contributed by atoms with E-state index in [1.54, 1.807) is 0 Å². The summed E-state index contributed by atoms with van der Waals surface area (Å²) in [5, 5.41) is 1.07. The maximum Gasteiger partial charge on any atom is 0.152 e. The number of rotatable bonds is 5. The molecule has 0 aliphatic heterocycles. The van der Waals surface area contributed by atoms with Crippen molar-refractivity contribution in [1.29, 1.82) is 0 Å². The SMILES string of the molecule is Cc1nc2c(N)nc3ccccc3c2n1CCCOCC#Cc1ccccc1. The van der Waals surface area contributed by atoms with Crippen LogP contribution in [0.5, 0.6) is 0 Å². The van der Waals surface area contributed by atoms with Gasteiger partial charge in [0.05, 0.1) is 11.0 Å². The van der Waals surface area contributed by atoms with Crippen molar-refractivity contribution in [3.63, 3.8) is 0 Å². The average molecular weight is 370 g/mol. The molecule has 5 heteroatoms. The molecule has 0 saturated carbocycles. The summed E-state index contributed by atoms with van der Waals surface area (Å²) in [7, 11) is 0. The van der Waals surface area contributed by atoms with Crippen molar-refractivity contribution in [3.8, 4) is 11.8 Å². The first-order valence-electron chi connectivity index (χ1n) is 9.37. The van der Waals surface area contributed by atoms with Crippen LogP contribution in [0.1, 0.15) is 17.8 Å². The summed E-state index contributed by atoms with van der Waals surface area (Å²) in [5.74, 6) is 7.56. The van der Waals surface area contributed by atoms with Crippen LogP contribution in [0.3, 0.4) is 0 Å². The number of nitrogens with zero attached hydrogens (tertiary/aromatic N) is 3. The van der Waals surface area contributed by atoms with Gasteiger partial charge < -0.3 is 15.0 Å². The molecule has 4 aromatic rings. The number of pyridine rings is 1. The molecule has 0 aliphatic carbocycles. The van der Waals surface area contributed by atoms with Crippen LogP contribution in [0, 0.1) is 18.8 Å². The Morgan fingerprint density at radius 3 is 2.68 bits per heavy atom. The van der Waals surface area contributed by atoms with Crippen molar-refractivity contribution in [2.45, 2.75) is 19.9 Å². The van der Waals surface area contributed by atoms with E-state index in [0.717, 1.165) is 46.3 Å². The van der Waals surface area contributed by atoms with E-state index in [0.29, 0.717) is 19.0 Å². The van der Waals surface area contributed by atoms with Crippen molar-refractivity contribution in [1.82, 2.24) is 14.5 Å². The summed E-state index contributed by atoms with van der Waals surface area (Å²) in [5.41, 5.74) is 9.84. The smallest absolute Gasteiger partial charge is 0.152 e. The molecule has 0 spiro atoms. The highest BCUT2D eigenvalue weighted by Gasteiger charge is 2.14. The molecular formula is C23H22N4O. The quantitative estimate of drug-likeness (QED) is 0.427. The van der Waals surface area contributed by atoms with Gasteiger partial charge in [0, 0.05) is 24.1 Å². The van der Waals surface area contributed by atoms with E-state index in [1.807, 2.05) is 55.5 Å². The molecule has 0 amide bonds. The minimum Gasteiger partial charge on any atom is -0.382 e. The van der Waals surface area contributed by atoms with E-state index in [9.17, 15) is 0 Å². The largest absolute Gasteiger partial charge is 0.382 e. The Bertz CT molecular complexity index is 1170. The fraction of sp³-hybridized carbons (Fsp3) is 0.217. The molecule has 0 unspecified atom stereocenters. The molecule has 0 saturated heterocycles. The molecule has 140 valence electrons. The number of fused-ring (bicyclic) bond motifs is 3. The van der Waals surface area contributed by atoms with E-state index in [4.69, 9.17) is 10.5 Å². The first-order valence-corrected chi connectivity index (χ1v) is 9.37. The Hall–Kier alpha value is -3.36. The zero-order valence-corrected chi connectivity index (χ0v) is 15.9. The van der Waals surface area contributed by atoms with Crippen LogP contribution in [-0.2, 0) is 11.3 Å². The molecule has 0 aliphatic rings. The van der Waals surface area contributed by atoms with E-state index >= 15 is 0 Å². The van der Waals surface area contributed by atoms with Gasteiger partial charge in [-0.3, -0.25) is 0 Å². The van der Waals surface area contributed by atoms with Crippen LogP contribution in [0.25, 0.3) is 21.9 Å². The molecule has 0 fully saturated rings. The van der Waals surface area contributed by atoms with Gasteiger partial charge in [-0.25, -0.2) is 9.97 Å². The first-order chi connectivity index (χ1) is 13.7. The topological polar surface area (TPSA) is 66.0 Å². The van der Waals surface area contributed by atoms with Gasteiger partial charge in [-0.15, -0.1) is 0 Å². The summed E-state index contributed by atoms with van der Waals surface area (Å²) in [6, 6.07) is 18.0. The van der Waals surface area contributed by atoms with Crippen LogP contribution in [-0.4, -0.2) is 27.7 Å². The summed E-state index contributed by atoms with van der Waals surface area (Å²) in [6.07, 6.45) is 0.871. The lowest BCUT2D eigenvalue weighted by molar-refractivity contribution is 0.160. The molecular weight excluding hydrogens is 348 g/mol. The van der Waals surface area contributed by atoms with Gasteiger partial charge >= 0.3 is 0 Å². The van der Waals surface area contributed by atoms with Gasteiger partial charge in [0.25, 0.3) is 0 Å². The zero-order valence-electron chi connectivity index (χ0n) is 15.9. The monoisotopic (exact) mass is 370 g/mol. The molecule has 0 atom stereocenters. The molecule has 5 nitrogen and oxygen atoms in total. The Kier molecular flexibility index (Phi) is 5.22. The number of imidazole rings is 1. The highest BCUT2D eigenvalue weighted by atomic mass is 16.5. The number of para-hydroxylation sites is 1. The molecule has 2 heterocycles. The van der Waals surface area contributed by atoms with E-state index in [1.165, 1.54) is 0 Å². The number of nitrogens with two attached hydrogens (primary N) is 1. The lowest BCUT2D eigenvalue weighted by Gasteiger charge is -2.09. The fourth-order valence-electron chi connectivity index (χ4n) is 3.35. The van der Waals surface area contributed by atoms with Crippen LogP contribution in [0.2, 0.25) is 0 Å². The van der Waals surface area contributed by atoms with Crippen LogP contribution in [0.4, 0.5) is 5.82 Å². The van der Waals surface area contributed by atoms with Crippen LogP contribution < -0.4 is 5.73 Å². The molecule has 4 rings (SSSR count). The summed E-state index contributed by atoms with van der Waals surface area (Å²) >= 11 is 0. The van der Waals surface area contributed by atoms with Gasteiger partial charge in [-0.05, 0) is 31.5 Å². The van der Waals surface area contributed by atoms with Crippen molar-refractivity contribution in [2.24, 2.45) is 0 Å². The lowest BCUT2D eigenvalue weighted by Crippen LogP contribution is -2.05. The van der Waals surface area contributed by atoms with Crippen molar-refractivity contribution in [3.05, 3.63) is 66.0 Å². The number of hydrogen-bond donors (Lipinski definition) is 1. The van der Waals surface area contributed by atoms with Crippen molar-refractivity contribution < 1.29 is 4.74 Å². The minimum atomic E-state index is 0.429. The fourth-order valence-corrected chi connectivity index (χ4v) is 3.35. The second-order valence-corrected chi connectivity index (χ2v) is 6.60. The predicted octanol–water partition coefficient (Wildman–Crippen LogP) is 3.93. The first kappa shape index (κ1) is 18.0. The maximum absolute atomic E-state index is 6.14. The molecule has 2 aromatic carbocycles. The maximum atomic E-state index is 6.14. The Labute approximate surface area is 164 Å². The highest BCUT2D eigenvalue weighted by molar-refractivity contribution is 6.06. The summed E-state index contributed by atoms with van der Waals surface area (Å²) < 4.78 is 7.88. The number of ether oxygens (including phenoxy) is 1. The normalized spacial score (nSPS) is 10.9. The highest BCUT2D eigenvalue weighted by Crippen LogP contribution is 2.28. The number of aromatic nitrogens is 3. The van der Waals surface area contributed by atoms with E-state index in [2.05, 4.69) is 32.4 Å². The number of benzene rings is 2. The summed E-state index contributed by atoms with van der Waals surface area (Å²) in [6.45, 7) is 3.88. The number of anilines is 1. The molecule has 28 heavy (non-hydrogen) atoms. The molecule has 2 N–H and O–H groups in total. The molecule has 2 aromatic heterocycles. The zero-order chi connectivity index (χ0) is 19.3. The Morgan fingerprint density at radius 2 is 1.82 bits per heavy atom. The third-order valence-corrected chi connectivity index (χ3v) is 4.65. The van der Waals surface area contributed by atoms with E-state index < -0.39 is 0 Å². The number of hydrogen-bond acceptors (Lipinski definition) is 4. The second kappa shape index (κ2) is 8.12. The second-order valence-electron chi connectivity index (χ2n) is 6.60. The summed E-state index contributed by atoms with van der Waals surface area (Å²) in [4.78, 5) is 9.11.